The van der Waals surface area contributed by atoms with Crippen LogP contribution in [0.3, 0.4) is 0 Å². The lowest BCUT2D eigenvalue weighted by atomic mass is 9.99. The maximum Gasteiger partial charge on any atom is 0.228 e. The molecule has 118 valence electrons. The first-order chi connectivity index (χ1) is 10.2. The van der Waals surface area contributed by atoms with Crippen LogP contribution in [-0.2, 0) is 4.79 Å². The van der Waals surface area contributed by atoms with Gasteiger partial charge >= 0.3 is 0 Å². The van der Waals surface area contributed by atoms with E-state index >= 15 is 0 Å². The van der Waals surface area contributed by atoms with E-state index in [9.17, 15) is 4.79 Å². The number of carbonyl (C=O) groups excluding carboxylic acids is 1. The van der Waals surface area contributed by atoms with Crippen LogP contribution in [0, 0.1) is 12.8 Å². The molecule has 2 heterocycles. The molecule has 22 heavy (non-hydrogen) atoms. The van der Waals surface area contributed by atoms with Gasteiger partial charge in [-0.1, -0.05) is 6.07 Å². The molecule has 0 saturated carbocycles. The molecule has 7 nitrogen and oxygen atoms in total. The minimum atomic E-state index is 0. The third-order valence-electron chi connectivity index (χ3n) is 3.74. The third-order valence-corrected chi connectivity index (χ3v) is 3.74. The normalized spacial score (nSPS) is 17.6. The summed E-state index contributed by atoms with van der Waals surface area (Å²) < 4.78 is 1.59. The summed E-state index contributed by atoms with van der Waals surface area (Å²) in [5, 5.41) is 17.4. The van der Waals surface area contributed by atoms with Gasteiger partial charge in [0, 0.05) is 12.2 Å². The number of amides is 1. The van der Waals surface area contributed by atoms with E-state index in [0.717, 1.165) is 42.9 Å². The first-order valence-electron chi connectivity index (χ1n) is 7.09. The van der Waals surface area contributed by atoms with Gasteiger partial charge in [-0.15, -0.1) is 17.5 Å². The largest absolute Gasteiger partial charge is 0.326 e. The van der Waals surface area contributed by atoms with Gasteiger partial charge in [0.25, 0.3) is 0 Å². The Morgan fingerprint density at radius 1 is 1.45 bits per heavy atom. The minimum absolute atomic E-state index is 0. The second kappa shape index (κ2) is 7.33. The van der Waals surface area contributed by atoms with Gasteiger partial charge in [-0.05, 0) is 54.4 Å². The molecule has 0 spiro atoms. The molecule has 3 rings (SSSR count). The fourth-order valence-corrected chi connectivity index (χ4v) is 2.53. The van der Waals surface area contributed by atoms with Gasteiger partial charge in [0.1, 0.15) is 6.33 Å². The highest BCUT2D eigenvalue weighted by molar-refractivity contribution is 5.93. The number of tetrazole rings is 1. The van der Waals surface area contributed by atoms with Crippen LogP contribution < -0.4 is 10.6 Å². The Balaban J connectivity index is 0.00000176. The average molecular weight is 323 g/mol. The summed E-state index contributed by atoms with van der Waals surface area (Å²) in [7, 11) is 0. The van der Waals surface area contributed by atoms with Crippen LogP contribution in [0.2, 0.25) is 0 Å². The second-order valence-electron chi connectivity index (χ2n) is 5.29. The van der Waals surface area contributed by atoms with Crippen molar-refractivity contribution < 1.29 is 4.79 Å². The molecule has 0 radical (unpaired) electrons. The van der Waals surface area contributed by atoms with Crippen LogP contribution in [0.5, 0.6) is 0 Å². The first kappa shape index (κ1) is 16.4. The van der Waals surface area contributed by atoms with Crippen LogP contribution in [0.1, 0.15) is 18.4 Å². The maximum absolute atomic E-state index is 12.3. The molecule has 0 unspecified atom stereocenters. The molecule has 1 aromatic heterocycles. The fourth-order valence-electron chi connectivity index (χ4n) is 2.53. The van der Waals surface area contributed by atoms with Crippen molar-refractivity contribution in [1.82, 2.24) is 25.5 Å². The predicted octanol–water partition coefficient (Wildman–Crippen LogP) is 1.33. The van der Waals surface area contributed by atoms with E-state index in [1.807, 2.05) is 25.1 Å². The molecule has 1 aliphatic rings. The van der Waals surface area contributed by atoms with E-state index in [0.29, 0.717) is 0 Å². The molecular weight excluding hydrogens is 304 g/mol. The molecule has 1 fully saturated rings. The lowest BCUT2D eigenvalue weighted by Gasteiger charge is -2.22. The summed E-state index contributed by atoms with van der Waals surface area (Å²) in [5.41, 5.74) is 2.67. The zero-order chi connectivity index (χ0) is 14.7. The lowest BCUT2D eigenvalue weighted by Crippen LogP contribution is -2.37. The maximum atomic E-state index is 12.3. The van der Waals surface area contributed by atoms with Gasteiger partial charge in [-0.2, -0.15) is 0 Å². The van der Waals surface area contributed by atoms with Crippen LogP contribution in [0.15, 0.2) is 24.5 Å². The molecule has 8 heteroatoms. The Kier molecular flexibility index (Phi) is 5.46. The number of hydrogen-bond acceptors (Lipinski definition) is 5. The molecule has 1 amide bonds. The summed E-state index contributed by atoms with van der Waals surface area (Å²) in [6, 6.07) is 5.74. The highest BCUT2D eigenvalue weighted by atomic mass is 35.5. The molecule has 1 atom stereocenters. The Bertz CT molecular complexity index is 624. The number of aryl methyl sites for hydroxylation is 1. The van der Waals surface area contributed by atoms with Gasteiger partial charge in [0.15, 0.2) is 0 Å². The number of carbonyl (C=O) groups is 1. The van der Waals surface area contributed by atoms with E-state index in [1.54, 1.807) is 11.0 Å². The molecule has 1 aromatic carbocycles. The Labute approximate surface area is 134 Å². The van der Waals surface area contributed by atoms with Gasteiger partial charge in [0.05, 0.1) is 11.6 Å². The Morgan fingerprint density at radius 2 is 2.32 bits per heavy atom. The molecule has 1 saturated heterocycles. The number of hydrogen-bond donors (Lipinski definition) is 2. The van der Waals surface area contributed by atoms with Crippen molar-refractivity contribution in [2.45, 2.75) is 19.8 Å². The van der Waals surface area contributed by atoms with Gasteiger partial charge in [-0.25, -0.2) is 4.68 Å². The van der Waals surface area contributed by atoms with Crippen molar-refractivity contribution in [3.05, 3.63) is 30.1 Å². The van der Waals surface area contributed by atoms with Crippen molar-refractivity contribution in [3.8, 4) is 5.69 Å². The minimum Gasteiger partial charge on any atom is -0.326 e. The molecule has 2 N–H and O–H groups in total. The van der Waals surface area contributed by atoms with Crippen molar-refractivity contribution in [2.24, 2.45) is 5.92 Å². The van der Waals surface area contributed by atoms with Crippen LogP contribution in [0.25, 0.3) is 5.69 Å². The van der Waals surface area contributed by atoms with Crippen molar-refractivity contribution >= 4 is 24.0 Å². The van der Waals surface area contributed by atoms with E-state index in [1.165, 1.54) is 0 Å². The summed E-state index contributed by atoms with van der Waals surface area (Å²) in [4.78, 5) is 12.3. The van der Waals surface area contributed by atoms with Crippen LogP contribution in [0.4, 0.5) is 5.69 Å². The number of aromatic nitrogens is 4. The number of piperidine rings is 1. The quantitative estimate of drug-likeness (QED) is 0.890. The van der Waals surface area contributed by atoms with E-state index < -0.39 is 0 Å². The third kappa shape index (κ3) is 3.61. The molecular formula is C14H19ClN6O. The van der Waals surface area contributed by atoms with Crippen molar-refractivity contribution in [2.75, 3.05) is 18.4 Å². The van der Waals surface area contributed by atoms with Gasteiger partial charge in [-0.3, -0.25) is 4.79 Å². The molecule has 1 aliphatic heterocycles. The van der Waals surface area contributed by atoms with Gasteiger partial charge < -0.3 is 10.6 Å². The Morgan fingerprint density at radius 3 is 3.00 bits per heavy atom. The summed E-state index contributed by atoms with van der Waals surface area (Å²) in [6.07, 6.45) is 3.52. The lowest BCUT2D eigenvalue weighted by molar-refractivity contribution is -0.120. The van der Waals surface area contributed by atoms with Crippen molar-refractivity contribution in [1.29, 1.82) is 0 Å². The van der Waals surface area contributed by atoms with Gasteiger partial charge in [0.2, 0.25) is 5.91 Å². The zero-order valence-corrected chi connectivity index (χ0v) is 13.1. The number of halogens is 1. The summed E-state index contributed by atoms with van der Waals surface area (Å²) in [6.45, 7) is 3.73. The van der Waals surface area contributed by atoms with Crippen LogP contribution >= 0.6 is 12.4 Å². The monoisotopic (exact) mass is 322 g/mol. The highest BCUT2D eigenvalue weighted by Gasteiger charge is 2.21. The summed E-state index contributed by atoms with van der Waals surface area (Å²) >= 11 is 0. The zero-order valence-electron chi connectivity index (χ0n) is 12.3. The molecule has 0 aliphatic carbocycles. The van der Waals surface area contributed by atoms with Crippen LogP contribution in [-0.4, -0.2) is 39.2 Å². The van der Waals surface area contributed by atoms with E-state index in [-0.39, 0.29) is 24.2 Å². The number of anilines is 1. The average Bonchev–Trinajstić information content (AvgIpc) is 3.04. The molecule has 0 bridgehead atoms. The SMILES string of the molecule is Cc1ccc(NC(=O)[C@@H]2CCCNC2)cc1-n1cnnn1.Cl. The summed E-state index contributed by atoms with van der Waals surface area (Å²) in [5.74, 6) is 0.102. The fraction of sp³-hybridized carbons (Fsp3) is 0.429. The van der Waals surface area contributed by atoms with E-state index in [4.69, 9.17) is 0 Å². The Hall–Kier alpha value is -1.99. The standard InChI is InChI=1S/C14H18N6O.ClH/c1-10-4-5-12(7-13(10)20-9-16-18-19-20)17-14(21)11-3-2-6-15-8-11;/h4-5,7,9,11,15H,2-3,6,8H2,1H3,(H,17,21);1H/t11-;/m1./s1. The topological polar surface area (TPSA) is 84.7 Å². The smallest absolute Gasteiger partial charge is 0.228 e. The number of nitrogens with one attached hydrogen (secondary N) is 2. The van der Waals surface area contributed by atoms with E-state index in [2.05, 4.69) is 26.2 Å². The number of nitrogens with zero attached hydrogens (tertiary/aromatic N) is 4. The number of rotatable bonds is 3. The number of benzene rings is 1. The predicted molar refractivity (Wildman–Crippen MR) is 85.4 cm³/mol. The second-order valence-corrected chi connectivity index (χ2v) is 5.29. The van der Waals surface area contributed by atoms with Crippen molar-refractivity contribution in [3.63, 3.8) is 0 Å². The molecule has 2 aromatic rings. The first-order valence-corrected chi connectivity index (χ1v) is 7.09. The highest BCUT2D eigenvalue weighted by Crippen LogP contribution is 2.20.